The number of carboxylic acids is 1. The number of carboxylic acid groups (broad SMARTS) is 1. The predicted molar refractivity (Wildman–Crippen MR) is 95.2 cm³/mol. The van der Waals surface area contributed by atoms with Gasteiger partial charge in [-0.05, 0) is 12.3 Å². The van der Waals surface area contributed by atoms with E-state index < -0.39 is 5.97 Å². The monoisotopic (exact) mass is 362 g/mol. The third-order valence-electron chi connectivity index (χ3n) is 4.01. The summed E-state index contributed by atoms with van der Waals surface area (Å²) < 4.78 is 0. The summed E-state index contributed by atoms with van der Waals surface area (Å²) in [4.78, 5) is 10.3. The summed E-state index contributed by atoms with van der Waals surface area (Å²) in [5, 5.41) is 8.74. The first-order valence-electron chi connectivity index (χ1n) is 8.91. The van der Waals surface area contributed by atoms with Gasteiger partial charge in [0.2, 0.25) is 0 Å². The van der Waals surface area contributed by atoms with Crippen molar-refractivity contribution in [2.24, 2.45) is 5.92 Å². The fourth-order valence-electron chi connectivity index (χ4n) is 2.59. The summed E-state index contributed by atoms with van der Waals surface area (Å²) in [6.07, 6.45) is 16.7. The lowest BCUT2D eigenvalue weighted by Crippen LogP contribution is -2.11. The Hall–Kier alpha value is -0.0500. The zero-order valence-electron chi connectivity index (χ0n) is 14.1. The van der Waals surface area contributed by atoms with Gasteiger partial charge in [0.15, 0.2) is 0 Å². The minimum absolute atomic E-state index is 0.354. The van der Waals surface area contributed by atoms with E-state index in [1.165, 1.54) is 70.6 Å². The molecule has 2 nitrogen and oxygen atoms in total. The van der Waals surface area contributed by atoms with Crippen LogP contribution in [0, 0.1) is 5.92 Å². The van der Waals surface area contributed by atoms with Crippen molar-refractivity contribution in [3.8, 4) is 0 Å². The van der Waals surface area contributed by atoms with Gasteiger partial charge >= 0.3 is 5.97 Å². The minimum Gasteiger partial charge on any atom is -0.480 e. The van der Waals surface area contributed by atoms with E-state index in [0.29, 0.717) is 0 Å². The van der Waals surface area contributed by atoms with Crippen LogP contribution in [-0.2, 0) is 4.79 Å². The summed E-state index contributed by atoms with van der Waals surface area (Å²) in [6.45, 7) is 4.61. The van der Waals surface area contributed by atoms with Gasteiger partial charge in [-0.25, -0.2) is 0 Å². The zero-order valence-corrected chi connectivity index (χ0v) is 15.7. The highest BCUT2D eigenvalue weighted by molar-refractivity contribution is 9.10. The second-order valence-corrected chi connectivity index (χ2v) is 7.77. The average Bonchev–Trinajstić information content (AvgIpc) is 2.43. The molecule has 126 valence electrons. The van der Waals surface area contributed by atoms with Crippen molar-refractivity contribution >= 4 is 21.9 Å². The van der Waals surface area contributed by atoms with Crippen molar-refractivity contribution in [3.05, 3.63) is 0 Å². The molecule has 0 fully saturated rings. The molecule has 0 radical (unpaired) electrons. The number of rotatable bonds is 15. The van der Waals surface area contributed by atoms with Crippen molar-refractivity contribution in [2.75, 3.05) is 0 Å². The van der Waals surface area contributed by atoms with Crippen LogP contribution in [0.5, 0.6) is 0 Å². The van der Waals surface area contributed by atoms with Gasteiger partial charge in [0.05, 0.1) is 0 Å². The van der Waals surface area contributed by atoms with Crippen molar-refractivity contribution in [1.82, 2.24) is 0 Å². The van der Waals surface area contributed by atoms with Crippen LogP contribution in [0.25, 0.3) is 0 Å². The van der Waals surface area contributed by atoms with Gasteiger partial charge in [-0.1, -0.05) is 107 Å². The van der Waals surface area contributed by atoms with Gasteiger partial charge in [0, 0.05) is 0 Å². The number of hydrogen-bond donors (Lipinski definition) is 1. The van der Waals surface area contributed by atoms with Crippen LogP contribution in [0.3, 0.4) is 0 Å². The summed E-state index contributed by atoms with van der Waals surface area (Å²) in [6, 6.07) is 0. The summed E-state index contributed by atoms with van der Waals surface area (Å²) in [5.41, 5.74) is 0. The predicted octanol–water partition coefficient (Wildman–Crippen LogP) is 6.56. The number of carbonyl (C=O) groups is 1. The molecular formula is C18H35BrO2. The molecule has 0 amide bonds. The summed E-state index contributed by atoms with van der Waals surface area (Å²) in [7, 11) is 0. The molecule has 0 saturated carbocycles. The largest absolute Gasteiger partial charge is 0.480 e. The Labute approximate surface area is 140 Å². The molecule has 0 spiro atoms. The third kappa shape index (κ3) is 16.2. The highest BCUT2D eigenvalue weighted by Gasteiger charge is 2.11. The molecule has 1 N–H and O–H groups in total. The first-order chi connectivity index (χ1) is 10.0. The van der Waals surface area contributed by atoms with Gasteiger partial charge in [0.25, 0.3) is 0 Å². The molecule has 0 bridgehead atoms. The normalized spacial score (nSPS) is 12.8. The Kier molecular flexibility index (Phi) is 14.8. The van der Waals surface area contributed by atoms with E-state index in [9.17, 15) is 4.79 Å². The fourth-order valence-corrected chi connectivity index (χ4v) is 2.91. The molecule has 1 atom stereocenters. The van der Waals surface area contributed by atoms with Crippen molar-refractivity contribution in [2.45, 2.75) is 102 Å². The zero-order chi connectivity index (χ0) is 15.9. The van der Waals surface area contributed by atoms with E-state index in [0.717, 1.165) is 18.8 Å². The van der Waals surface area contributed by atoms with Gasteiger partial charge in [-0.15, -0.1) is 0 Å². The van der Waals surface area contributed by atoms with Crippen LogP contribution < -0.4 is 0 Å². The highest BCUT2D eigenvalue weighted by Crippen LogP contribution is 2.15. The second-order valence-electron chi connectivity index (χ2n) is 6.67. The second kappa shape index (κ2) is 14.9. The fraction of sp³-hybridized carbons (Fsp3) is 0.944. The number of aliphatic carboxylic acids is 1. The number of halogens is 1. The lowest BCUT2D eigenvalue weighted by atomic mass is 10.0. The molecule has 0 aromatic rings. The van der Waals surface area contributed by atoms with E-state index in [-0.39, 0.29) is 4.83 Å². The van der Waals surface area contributed by atoms with Crippen LogP contribution in [0.1, 0.15) is 97.3 Å². The van der Waals surface area contributed by atoms with Crippen LogP contribution in [-0.4, -0.2) is 15.9 Å². The molecule has 0 rings (SSSR count). The number of hydrogen-bond acceptors (Lipinski definition) is 1. The Bertz CT molecular complexity index is 241. The summed E-state index contributed by atoms with van der Waals surface area (Å²) in [5.74, 6) is 0.128. The first-order valence-corrected chi connectivity index (χ1v) is 9.82. The SMILES string of the molecule is CC(C)CCCCCCCCCCCCCC(Br)C(=O)O. The van der Waals surface area contributed by atoms with Crippen LogP contribution in [0.2, 0.25) is 0 Å². The molecule has 0 aromatic heterocycles. The Morgan fingerprint density at radius 2 is 1.10 bits per heavy atom. The molecule has 0 saturated heterocycles. The van der Waals surface area contributed by atoms with E-state index in [1.807, 2.05) is 0 Å². The van der Waals surface area contributed by atoms with Crippen molar-refractivity contribution < 1.29 is 9.90 Å². The lowest BCUT2D eigenvalue weighted by molar-refractivity contribution is -0.136. The van der Waals surface area contributed by atoms with Crippen LogP contribution in [0.15, 0.2) is 0 Å². The van der Waals surface area contributed by atoms with Gasteiger partial charge in [0.1, 0.15) is 4.83 Å². The summed E-state index contributed by atoms with van der Waals surface area (Å²) >= 11 is 3.18. The van der Waals surface area contributed by atoms with Crippen LogP contribution >= 0.6 is 15.9 Å². The molecule has 0 aliphatic carbocycles. The maximum Gasteiger partial charge on any atom is 0.317 e. The molecule has 3 heteroatoms. The molecule has 0 aliphatic heterocycles. The molecule has 21 heavy (non-hydrogen) atoms. The van der Waals surface area contributed by atoms with Crippen molar-refractivity contribution in [1.29, 1.82) is 0 Å². The van der Waals surface area contributed by atoms with Gasteiger partial charge in [-0.3, -0.25) is 4.79 Å². The third-order valence-corrected chi connectivity index (χ3v) is 4.86. The standard InChI is InChI=1S/C18H35BrO2/c1-16(2)14-12-10-8-6-4-3-5-7-9-11-13-15-17(19)18(20)21/h16-17H,3-15H2,1-2H3,(H,20,21). The Morgan fingerprint density at radius 1 is 0.762 bits per heavy atom. The molecule has 1 unspecified atom stereocenters. The number of unbranched alkanes of at least 4 members (excludes halogenated alkanes) is 10. The van der Waals surface area contributed by atoms with Gasteiger partial charge < -0.3 is 5.11 Å². The molecule has 0 heterocycles. The average molecular weight is 363 g/mol. The van der Waals surface area contributed by atoms with Crippen molar-refractivity contribution in [3.63, 3.8) is 0 Å². The lowest BCUT2D eigenvalue weighted by Gasteiger charge is -2.05. The van der Waals surface area contributed by atoms with E-state index in [1.54, 1.807) is 0 Å². The Morgan fingerprint density at radius 3 is 1.43 bits per heavy atom. The van der Waals surface area contributed by atoms with Crippen LogP contribution in [0.4, 0.5) is 0 Å². The minimum atomic E-state index is -0.733. The smallest absolute Gasteiger partial charge is 0.317 e. The maximum atomic E-state index is 10.6. The molecule has 0 aromatic carbocycles. The topological polar surface area (TPSA) is 37.3 Å². The van der Waals surface area contributed by atoms with Gasteiger partial charge in [-0.2, -0.15) is 0 Å². The quantitative estimate of drug-likeness (QED) is 0.264. The van der Waals surface area contributed by atoms with E-state index in [2.05, 4.69) is 29.8 Å². The first kappa shape index (κ1) is 20.9. The van der Waals surface area contributed by atoms with E-state index >= 15 is 0 Å². The maximum absolute atomic E-state index is 10.6. The number of alkyl halides is 1. The molecule has 0 aliphatic rings. The highest BCUT2D eigenvalue weighted by atomic mass is 79.9. The Balaban J connectivity index is 3.07. The van der Waals surface area contributed by atoms with E-state index in [4.69, 9.17) is 5.11 Å². The molecular weight excluding hydrogens is 328 g/mol.